The van der Waals surface area contributed by atoms with Gasteiger partial charge in [-0.25, -0.2) is 0 Å². The van der Waals surface area contributed by atoms with Crippen molar-refractivity contribution in [3.63, 3.8) is 0 Å². The average molecular weight is 767 g/mol. The molecule has 0 aromatic heterocycles. The second-order valence-electron chi connectivity index (χ2n) is 14.6. The molecule has 0 aliphatic carbocycles. The van der Waals surface area contributed by atoms with Crippen molar-refractivity contribution in [2.75, 3.05) is 13.2 Å². The van der Waals surface area contributed by atoms with E-state index < -0.39 is 6.10 Å². The molecule has 0 aromatic carbocycles. The fraction of sp³-hybridized carbons (Fsp3) is 0.694. The van der Waals surface area contributed by atoms with Crippen LogP contribution < -0.4 is 0 Å². The third-order valence-electron chi connectivity index (χ3n) is 9.13. The number of allylic oxidation sites excluding steroid dienone is 12. The maximum Gasteiger partial charge on any atom is 0.306 e. The number of hydrogen-bond donors (Lipinski definition) is 0. The molecule has 0 bridgehead atoms. The van der Waals surface area contributed by atoms with Crippen LogP contribution in [0.25, 0.3) is 0 Å². The van der Waals surface area contributed by atoms with Crippen molar-refractivity contribution in [3.05, 3.63) is 72.9 Å². The van der Waals surface area contributed by atoms with E-state index in [0.29, 0.717) is 19.3 Å². The second-order valence-corrected chi connectivity index (χ2v) is 14.6. The first-order valence-corrected chi connectivity index (χ1v) is 22.4. The lowest BCUT2D eigenvalue weighted by molar-refractivity contribution is -0.167. The summed E-state index contributed by atoms with van der Waals surface area (Å²) in [5.74, 6) is -0.946. The van der Waals surface area contributed by atoms with E-state index in [-0.39, 0.29) is 31.1 Å². The van der Waals surface area contributed by atoms with Gasteiger partial charge < -0.3 is 14.2 Å². The van der Waals surface area contributed by atoms with Crippen LogP contribution in [0.4, 0.5) is 0 Å². The SMILES string of the molecule is CC/C=C\C/C=C\C/C=C\C/C=C\CCCCCCC(=O)OCC(COC(=O)CCCCCCC/C=C\CCC)OC(=O)CCCCCCC/C=C\CCC. The zero-order valence-electron chi connectivity index (χ0n) is 35.7. The first-order valence-electron chi connectivity index (χ1n) is 22.4. The second kappa shape index (κ2) is 43.6. The van der Waals surface area contributed by atoms with E-state index >= 15 is 0 Å². The Hall–Kier alpha value is -3.15. The molecule has 0 saturated carbocycles. The average Bonchev–Trinajstić information content (AvgIpc) is 3.18. The van der Waals surface area contributed by atoms with Gasteiger partial charge in [0.05, 0.1) is 0 Å². The number of ether oxygens (including phenoxy) is 3. The van der Waals surface area contributed by atoms with Crippen LogP contribution in [-0.4, -0.2) is 37.2 Å². The molecule has 0 fully saturated rings. The van der Waals surface area contributed by atoms with Crippen molar-refractivity contribution < 1.29 is 28.6 Å². The minimum atomic E-state index is -0.790. The zero-order chi connectivity index (χ0) is 40.1. The van der Waals surface area contributed by atoms with Crippen molar-refractivity contribution in [1.82, 2.24) is 0 Å². The maximum absolute atomic E-state index is 12.7. The Labute approximate surface area is 338 Å². The molecule has 0 spiro atoms. The number of carbonyl (C=O) groups is 3. The molecular formula is C49H82O6. The van der Waals surface area contributed by atoms with Crippen LogP contribution in [0, 0.1) is 0 Å². The number of esters is 3. The van der Waals surface area contributed by atoms with E-state index in [4.69, 9.17) is 14.2 Å². The van der Waals surface area contributed by atoms with Crippen LogP contribution >= 0.6 is 0 Å². The van der Waals surface area contributed by atoms with Gasteiger partial charge in [-0.1, -0.05) is 158 Å². The fourth-order valence-electron chi connectivity index (χ4n) is 5.79. The standard InChI is InChI=1S/C49H82O6/c1-4-7-10-13-16-19-22-23-24-25-26-27-28-31-33-36-39-42-48(51)54-45-46(55-49(52)43-40-37-34-30-21-18-15-12-9-6-3)44-53-47(50)41-38-35-32-29-20-17-14-11-8-5-2/h7,10-12,14-16,19,23-24,26-27,46H,4-6,8-9,13,17-18,20-22,25,28-45H2,1-3H3/b10-7-,14-11-,15-12-,19-16-,24-23-,27-26-. The van der Waals surface area contributed by atoms with Crippen molar-refractivity contribution >= 4 is 17.9 Å². The summed E-state index contributed by atoms with van der Waals surface area (Å²) in [6.45, 7) is 6.34. The van der Waals surface area contributed by atoms with E-state index in [1.165, 1.54) is 25.7 Å². The largest absolute Gasteiger partial charge is 0.462 e. The molecule has 6 nitrogen and oxygen atoms in total. The normalized spacial score (nSPS) is 12.7. The highest BCUT2D eigenvalue weighted by molar-refractivity contribution is 5.71. The van der Waals surface area contributed by atoms with Crippen LogP contribution in [-0.2, 0) is 28.6 Å². The van der Waals surface area contributed by atoms with Crippen molar-refractivity contribution in [2.24, 2.45) is 0 Å². The van der Waals surface area contributed by atoms with E-state index in [1.807, 2.05) is 0 Å². The monoisotopic (exact) mass is 767 g/mol. The van der Waals surface area contributed by atoms with Gasteiger partial charge in [-0.3, -0.25) is 14.4 Å². The third kappa shape index (κ3) is 41.8. The van der Waals surface area contributed by atoms with Gasteiger partial charge in [0.25, 0.3) is 0 Å². The van der Waals surface area contributed by atoms with Crippen LogP contribution in [0.3, 0.4) is 0 Å². The molecule has 55 heavy (non-hydrogen) atoms. The molecule has 0 aliphatic rings. The van der Waals surface area contributed by atoms with Gasteiger partial charge in [-0.15, -0.1) is 0 Å². The summed E-state index contributed by atoms with van der Waals surface area (Å²) in [6.07, 6.45) is 53.2. The Bertz CT molecular complexity index is 1070. The molecule has 314 valence electrons. The summed E-state index contributed by atoms with van der Waals surface area (Å²) < 4.78 is 16.6. The summed E-state index contributed by atoms with van der Waals surface area (Å²) in [4.78, 5) is 37.6. The minimum absolute atomic E-state index is 0.0925. The minimum Gasteiger partial charge on any atom is -0.462 e. The summed E-state index contributed by atoms with van der Waals surface area (Å²) in [5, 5.41) is 0. The zero-order valence-corrected chi connectivity index (χ0v) is 35.7. The Kier molecular flexibility index (Phi) is 41.1. The van der Waals surface area contributed by atoms with Crippen LogP contribution in [0.2, 0.25) is 0 Å². The predicted molar refractivity (Wildman–Crippen MR) is 233 cm³/mol. The molecule has 0 saturated heterocycles. The lowest BCUT2D eigenvalue weighted by Crippen LogP contribution is -2.30. The molecule has 0 aliphatic heterocycles. The van der Waals surface area contributed by atoms with Crippen molar-refractivity contribution in [3.8, 4) is 0 Å². The number of carbonyl (C=O) groups excluding carboxylic acids is 3. The first-order chi connectivity index (χ1) is 27.0. The Morgan fingerprint density at radius 3 is 1.13 bits per heavy atom. The molecule has 0 N–H and O–H groups in total. The van der Waals surface area contributed by atoms with Gasteiger partial charge in [0.1, 0.15) is 13.2 Å². The van der Waals surface area contributed by atoms with Gasteiger partial charge in [-0.05, 0) is 96.3 Å². The number of hydrogen-bond acceptors (Lipinski definition) is 6. The highest BCUT2D eigenvalue weighted by Crippen LogP contribution is 2.12. The molecule has 1 unspecified atom stereocenters. The summed E-state index contributed by atoms with van der Waals surface area (Å²) in [6, 6.07) is 0. The predicted octanol–water partition coefficient (Wildman–Crippen LogP) is 14.3. The lowest BCUT2D eigenvalue weighted by Gasteiger charge is -2.18. The molecule has 0 radical (unpaired) electrons. The molecule has 0 amide bonds. The summed E-state index contributed by atoms with van der Waals surface area (Å²) >= 11 is 0. The highest BCUT2D eigenvalue weighted by Gasteiger charge is 2.19. The van der Waals surface area contributed by atoms with Crippen molar-refractivity contribution in [2.45, 2.75) is 207 Å². The van der Waals surface area contributed by atoms with E-state index in [0.717, 1.165) is 135 Å². The molecule has 1 atom stereocenters. The Morgan fingerprint density at radius 2 is 0.709 bits per heavy atom. The Morgan fingerprint density at radius 1 is 0.382 bits per heavy atom. The van der Waals surface area contributed by atoms with E-state index in [9.17, 15) is 14.4 Å². The molecule has 0 rings (SSSR count). The first kappa shape index (κ1) is 51.9. The molecular weight excluding hydrogens is 685 g/mol. The van der Waals surface area contributed by atoms with E-state index in [2.05, 4.69) is 93.7 Å². The summed E-state index contributed by atoms with van der Waals surface area (Å²) in [7, 11) is 0. The Balaban J connectivity index is 4.40. The highest BCUT2D eigenvalue weighted by atomic mass is 16.6. The van der Waals surface area contributed by atoms with Crippen LogP contribution in [0.1, 0.15) is 201 Å². The topological polar surface area (TPSA) is 78.9 Å². The quantitative estimate of drug-likeness (QED) is 0.0268. The maximum atomic E-state index is 12.7. The van der Waals surface area contributed by atoms with Crippen LogP contribution in [0.5, 0.6) is 0 Å². The number of rotatable bonds is 39. The lowest BCUT2D eigenvalue weighted by atomic mass is 10.1. The van der Waals surface area contributed by atoms with Crippen LogP contribution in [0.15, 0.2) is 72.9 Å². The van der Waals surface area contributed by atoms with Crippen molar-refractivity contribution in [1.29, 1.82) is 0 Å². The number of unbranched alkanes of at least 4 members (excludes halogenated alkanes) is 16. The molecule has 6 heteroatoms. The van der Waals surface area contributed by atoms with Gasteiger partial charge in [0, 0.05) is 19.3 Å². The smallest absolute Gasteiger partial charge is 0.306 e. The van der Waals surface area contributed by atoms with Gasteiger partial charge in [0.2, 0.25) is 0 Å². The van der Waals surface area contributed by atoms with Gasteiger partial charge in [-0.2, -0.15) is 0 Å². The van der Waals surface area contributed by atoms with Gasteiger partial charge >= 0.3 is 17.9 Å². The molecule has 0 heterocycles. The third-order valence-corrected chi connectivity index (χ3v) is 9.13. The fourth-order valence-corrected chi connectivity index (χ4v) is 5.79. The van der Waals surface area contributed by atoms with E-state index in [1.54, 1.807) is 0 Å². The van der Waals surface area contributed by atoms with Gasteiger partial charge in [0.15, 0.2) is 6.10 Å². The molecule has 0 aromatic rings. The summed E-state index contributed by atoms with van der Waals surface area (Å²) in [5.41, 5.74) is 0.